The summed E-state index contributed by atoms with van der Waals surface area (Å²) in [5.41, 5.74) is 0. The summed E-state index contributed by atoms with van der Waals surface area (Å²) in [7, 11) is 0. The molecule has 0 spiro atoms. The normalized spacial score (nSPS) is 10.7. The Morgan fingerprint density at radius 3 is 3.00 bits per heavy atom. The van der Waals surface area contributed by atoms with Crippen LogP contribution < -0.4 is 5.32 Å². The van der Waals surface area contributed by atoms with E-state index in [0.29, 0.717) is 0 Å². The second-order valence-corrected chi connectivity index (χ2v) is 5.55. The minimum absolute atomic E-state index is 0.928. The predicted molar refractivity (Wildman–Crippen MR) is 66.2 cm³/mol. The van der Waals surface area contributed by atoms with E-state index in [0.717, 1.165) is 13.1 Å². The topological polar surface area (TPSA) is 24.9 Å². The van der Waals surface area contributed by atoms with E-state index in [2.05, 4.69) is 23.5 Å². The monoisotopic (exact) mass is 230 g/mol. The number of aryl methyl sites for hydroxylation is 1. The van der Waals surface area contributed by atoms with Gasteiger partial charge < -0.3 is 5.32 Å². The summed E-state index contributed by atoms with van der Waals surface area (Å²) in [6, 6.07) is 0. The van der Waals surface area contributed by atoms with Gasteiger partial charge in [-0.05, 0) is 38.3 Å². The molecular formula is C10H18N2S2. The molecule has 0 bridgehead atoms. The molecule has 0 saturated heterocycles. The van der Waals surface area contributed by atoms with Crippen molar-refractivity contribution >= 4 is 23.1 Å². The predicted octanol–water partition coefficient (Wildman–Crippen LogP) is 2.68. The number of hydrogen-bond donors (Lipinski definition) is 1. The van der Waals surface area contributed by atoms with E-state index < -0.39 is 0 Å². The van der Waals surface area contributed by atoms with E-state index in [1.54, 1.807) is 11.3 Å². The molecule has 2 nitrogen and oxygen atoms in total. The van der Waals surface area contributed by atoms with Gasteiger partial charge in [-0.1, -0.05) is 0 Å². The molecule has 1 N–H and O–H groups in total. The average molecular weight is 230 g/mol. The number of aromatic nitrogens is 1. The van der Waals surface area contributed by atoms with Crippen molar-refractivity contribution in [1.29, 1.82) is 0 Å². The van der Waals surface area contributed by atoms with E-state index in [1.165, 1.54) is 28.5 Å². The number of unbranched alkanes of at least 4 members (excludes halogenated alkanes) is 1. The molecule has 80 valence electrons. The Hall–Kier alpha value is -0.0600. The van der Waals surface area contributed by atoms with Gasteiger partial charge >= 0.3 is 0 Å². The molecule has 0 atom stereocenters. The molecule has 1 heterocycles. The number of thioether (sulfide) groups is 1. The van der Waals surface area contributed by atoms with Gasteiger partial charge in [-0.25, -0.2) is 4.98 Å². The molecule has 1 rings (SSSR count). The summed E-state index contributed by atoms with van der Waals surface area (Å²) in [6.45, 7) is 4.14. The Balaban J connectivity index is 1.99. The van der Waals surface area contributed by atoms with Crippen LogP contribution in [-0.4, -0.2) is 23.5 Å². The zero-order chi connectivity index (χ0) is 10.2. The fourth-order valence-electron chi connectivity index (χ4n) is 1.17. The van der Waals surface area contributed by atoms with Gasteiger partial charge in [-0.2, -0.15) is 11.8 Å². The van der Waals surface area contributed by atoms with Crippen LogP contribution in [0.25, 0.3) is 0 Å². The Bertz CT molecular complexity index is 248. The molecular weight excluding hydrogens is 212 g/mol. The summed E-state index contributed by atoms with van der Waals surface area (Å²) in [5.74, 6) is 1.28. The number of thiazole rings is 1. The molecule has 0 amide bonds. The van der Waals surface area contributed by atoms with Crippen LogP contribution in [0, 0.1) is 6.92 Å². The molecule has 0 fully saturated rings. The Labute approximate surface area is 94.5 Å². The summed E-state index contributed by atoms with van der Waals surface area (Å²) in [6.07, 6.45) is 6.68. The molecule has 14 heavy (non-hydrogen) atoms. The summed E-state index contributed by atoms with van der Waals surface area (Å²) in [4.78, 5) is 5.60. The zero-order valence-corrected chi connectivity index (χ0v) is 10.5. The van der Waals surface area contributed by atoms with Gasteiger partial charge in [0.1, 0.15) is 5.01 Å². The van der Waals surface area contributed by atoms with Gasteiger partial charge in [0.05, 0.1) is 0 Å². The zero-order valence-electron chi connectivity index (χ0n) is 8.88. The molecule has 0 saturated carbocycles. The maximum Gasteiger partial charge on any atom is 0.107 e. The molecule has 1 aromatic rings. The summed E-state index contributed by atoms with van der Waals surface area (Å²) < 4.78 is 0. The average Bonchev–Trinajstić information content (AvgIpc) is 2.58. The van der Waals surface area contributed by atoms with Crippen LogP contribution in [0.1, 0.15) is 22.7 Å². The Morgan fingerprint density at radius 2 is 2.36 bits per heavy atom. The van der Waals surface area contributed by atoms with Crippen molar-refractivity contribution in [2.75, 3.05) is 18.6 Å². The number of nitrogens with zero attached hydrogens (tertiary/aromatic N) is 1. The molecule has 0 aliphatic carbocycles. The Morgan fingerprint density at radius 1 is 1.50 bits per heavy atom. The summed E-state index contributed by atoms with van der Waals surface area (Å²) >= 11 is 3.70. The van der Waals surface area contributed by atoms with Crippen molar-refractivity contribution in [1.82, 2.24) is 10.3 Å². The van der Waals surface area contributed by atoms with E-state index in [4.69, 9.17) is 0 Å². The minimum Gasteiger partial charge on any atom is -0.310 e. The first-order chi connectivity index (χ1) is 6.83. The van der Waals surface area contributed by atoms with Crippen LogP contribution in [0.15, 0.2) is 6.20 Å². The standard InChI is InChI=1S/C10H18N2S2/c1-9-7-12-10(14-9)8-11-5-3-4-6-13-2/h7,11H,3-6,8H2,1-2H3. The molecule has 0 radical (unpaired) electrons. The van der Waals surface area contributed by atoms with Crippen LogP contribution in [0.5, 0.6) is 0 Å². The number of rotatable bonds is 7. The lowest BCUT2D eigenvalue weighted by molar-refractivity contribution is 0.642. The largest absolute Gasteiger partial charge is 0.310 e. The SMILES string of the molecule is CSCCCCNCc1ncc(C)s1. The van der Waals surface area contributed by atoms with Gasteiger partial charge in [0, 0.05) is 17.6 Å². The highest BCUT2D eigenvalue weighted by Gasteiger charge is 1.96. The lowest BCUT2D eigenvalue weighted by Gasteiger charge is -2.01. The van der Waals surface area contributed by atoms with Gasteiger partial charge in [0.2, 0.25) is 0 Å². The van der Waals surface area contributed by atoms with Gasteiger partial charge in [0.25, 0.3) is 0 Å². The van der Waals surface area contributed by atoms with Gasteiger partial charge in [-0.15, -0.1) is 11.3 Å². The first kappa shape index (κ1) is 12.0. The second-order valence-electron chi connectivity index (χ2n) is 3.24. The molecule has 1 aromatic heterocycles. The third kappa shape index (κ3) is 4.98. The summed E-state index contributed by atoms with van der Waals surface area (Å²) in [5, 5.41) is 4.61. The lowest BCUT2D eigenvalue weighted by Crippen LogP contribution is -2.14. The van der Waals surface area contributed by atoms with E-state index in [1.807, 2.05) is 18.0 Å². The molecule has 4 heteroatoms. The van der Waals surface area contributed by atoms with Crippen LogP contribution in [-0.2, 0) is 6.54 Å². The minimum atomic E-state index is 0.928. The smallest absolute Gasteiger partial charge is 0.107 e. The van der Waals surface area contributed by atoms with Crippen molar-refractivity contribution in [2.24, 2.45) is 0 Å². The van der Waals surface area contributed by atoms with Crippen molar-refractivity contribution in [3.63, 3.8) is 0 Å². The van der Waals surface area contributed by atoms with Crippen LogP contribution in [0.4, 0.5) is 0 Å². The maximum atomic E-state index is 4.30. The van der Waals surface area contributed by atoms with Crippen LogP contribution in [0.2, 0.25) is 0 Å². The quantitative estimate of drug-likeness (QED) is 0.729. The van der Waals surface area contributed by atoms with E-state index >= 15 is 0 Å². The van der Waals surface area contributed by atoms with Crippen LogP contribution >= 0.6 is 23.1 Å². The highest BCUT2D eigenvalue weighted by Crippen LogP contribution is 2.10. The third-order valence-corrected chi connectivity index (χ3v) is 3.51. The van der Waals surface area contributed by atoms with Crippen molar-refractivity contribution in [3.8, 4) is 0 Å². The maximum absolute atomic E-state index is 4.30. The number of hydrogen-bond acceptors (Lipinski definition) is 4. The van der Waals surface area contributed by atoms with Crippen molar-refractivity contribution < 1.29 is 0 Å². The molecule has 0 aromatic carbocycles. The third-order valence-electron chi connectivity index (χ3n) is 1.90. The van der Waals surface area contributed by atoms with Crippen molar-refractivity contribution in [3.05, 3.63) is 16.1 Å². The van der Waals surface area contributed by atoms with Crippen molar-refractivity contribution in [2.45, 2.75) is 26.3 Å². The fraction of sp³-hybridized carbons (Fsp3) is 0.700. The van der Waals surface area contributed by atoms with Crippen LogP contribution in [0.3, 0.4) is 0 Å². The van der Waals surface area contributed by atoms with E-state index in [-0.39, 0.29) is 0 Å². The fourth-order valence-corrected chi connectivity index (χ4v) is 2.42. The first-order valence-corrected chi connectivity index (χ1v) is 7.15. The van der Waals surface area contributed by atoms with Gasteiger partial charge in [0.15, 0.2) is 0 Å². The second kappa shape index (κ2) is 7.26. The first-order valence-electron chi connectivity index (χ1n) is 4.94. The molecule has 0 unspecified atom stereocenters. The molecule has 0 aliphatic rings. The van der Waals surface area contributed by atoms with E-state index in [9.17, 15) is 0 Å². The highest BCUT2D eigenvalue weighted by molar-refractivity contribution is 7.98. The highest BCUT2D eigenvalue weighted by atomic mass is 32.2. The molecule has 0 aliphatic heterocycles. The lowest BCUT2D eigenvalue weighted by atomic mass is 10.3. The number of nitrogens with one attached hydrogen (secondary N) is 1. The van der Waals surface area contributed by atoms with Gasteiger partial charge in [-0.3, -0.25) is 0 Å². The Kier molecular flexibility index (Phi) is 6.23.